The third-order valence-corrected chi connectivity index (χ3v) is 3.33. The van der Waals surface area contributed by atoms with Crippen molar-refractivity contribution in [1.29, 1.82) is 0 Å². The molecule has 106 valence electrons. The van der Waals surface area contributed by atoms with Gasteiger partial charge in [0, 0.05) is 19.2 Å². The van der Waals surface area contributed by atoms with Crippen LogP contribution in [0.4, 0.5) is 8.78 Å². The van der Waals surface area contributed by atoms with Crippen LogP contribution in [0.5, 0.6) is 5.75 Å². The summed E-state index contributed by atoms with van der Waals surface area (Å²) < 4.78 is 34.6. The fourth-order valence-electron chi connectivity index (χ4n) is 2.24. The second kappa shape index (κ2) is 6.82. The summed E-state index contributed by atoms with van der Waals surface area (Å²) in [5.74, 6) is 0.174. The van der Waals surface area contributed by atoms with Gasteiger partial charge in [-0.15, -0.1) is 0 Å². The lowest BCUT2D eigenvalue weighted by Gasteiger charge is -2.17. The maximum atomic E-state index is 12.2. The number of halogens is 2. The molecule has 2 rings (SSSR count). The summed E-state index contributed by atoms with van der Waals surface area (Å²) >= 11 is 0. The van der Waals surface area contributed by atoms with E-state index in [1.165, 1.54) is 6.07 Å². The van der Waals surface area contributed by atoms with Gasteiger partial charge in [0.25, 0.3) is 0 Å². The van der Waals surface area contributed by atoms with Gasteiger partial charge in [0.2, 0.25) is 0 Å². The van der Waals surface area contributed by atoms with E-state index in [1.54, 1.807) is 12.1 Å². The zero-order chi connectivity index (χ0) is 13.7. The molecule has 1 saturated heterocycles. The number of benzene rings is 1. The van der Waals surface area contributed by atoms with Crippen LogP contribution in [0.3, 0.4) is 0 Å². The summed E-state index contributed by atoms with van der Waals surface area (Å²) in [7, 11) is 0. The number of hydrogen-bond acceptors (Lipinski definition) is 3. The molecule has 2 atom stereocenters. The van der Waals surface area contributed by atoms with Crippen LogP contribution in [0.15, 0.2) is 24.3 Å². The van der Waals surface area contributed by atoms with Gasteiger partial charge in [-0.1, -0.05) is 19.1 Å². The first-order valence-corrected chi connectivity index (χ1v) is 6.58. The van der Waals surface area contributed by atoms with Crippen LogP contribution in [0.25, 0.3) is 0 Å². The highest BCUT2D eigenvalue weighted by Crippen LogP contribution is 2.24. The smallest absolute Gasteiger partial charge is 0.387 e. The average molecular weight is 271 g/mol. The Balaban J connectivity index is 2.04. The van der Waals surface area contributed by atoms with Crippen molar-refractivity contribution >= 4 is 0 Å². The Bertz CT molecular complexity index is 401. The van der Waals surface area contributed by atoms with Gasteiger partial charge in [0.1, 0.15) is 5.75 Å². The van der Waals surface area contributed by atoms with Crippen LogP contribution < -0.4 is 10.1 Å². The minimum Gasteiger partial charge on any atom is -0.435 e. The van der Waals surface area contributed by atoms with Crippen molar-refractivity contribution in [1.82, 2.24) is 5.32 Å². The molecule has 1 aromatic carbocycles. The van der Waals surface area contributed by atoms with Gasteiger partial charge in [-0.3, -0.25) is 0 Å². The molecular formula is C14H19F2NO2. The molecular weight excluding hydrogens is 252 g/mol. The van der Waals surface area contributed by atoms with Crippen LogP contribution in [0.2, 0.25) is 0 Å². The first-order chi connectivity index (χ1) is 9.19. The topological polar surface area (TPSA) is 30.5 Å². The highest BCUT2D eigenvalue weighted by molar-refractivity contribution is 5.30. The predicted octanol–water partition coefficient (Wildman–Crippen LogP) is 3.12. The van der Waals surface area contributed by atoms with Crippen molar-refractivity contribution in [3.63, 3.8) is 0 Å². The van der Waals surface area contributed by atoms with Gasteiger partial charge in [0.05, 0.1) is 6.10 Å². The molecule has 1 aliphatic heterocycles. The van der Waals surface area contributed by atoms with Gasteiger partial charge < -0.3 is 14.8 Å². The number of ether oxygens (including phenoxy) is 2. The number of nitrogens with one attached hydrogen (secondary N) is 1. The molecule has 19 heavy (non-hydrogen) atoms. The molecule has 1 fully saturated rings. The minimum absolute atomic E-state index is 0.113. The molecule has 1 aliphatic rings. The normalized spacial score (nSPS) is 24.2. The summed E-state index contributed by atoms with van der Waals surface area (Å²) in [4.78, 5) is 0. The standard InChI is InChI=1S/C14H19F2NO2/c1-2-11-6-7-18-13(9-17-11)10-4-3-5-12(8-10)19-14(15)16/h3-5,8,11,13-14,17H,2,6-7,9H2,1H3. The van der Waals surface area contributed by atoms with Gasteiger partial charge in [0.15, 0.2) is 0 Å². The summed E-state index contributed by atoms with van der Waals surface area (Å²) in [6.45, 7) is 0.704. The van der Waals surface area contributed by atoms with Crippen LogP contribution in [-0.4, -0.2) is 25.8 Å². The molecule has 1 aromatic rings. The monoisotopic (exact) mass is 271 g/mol. The SMILES string of the molecule is CCC1CCOC(c2cccc(OC(F)F)c2)CN1. The number of rotatable bonds is 4. The highest BCUT2D eigenvalue weighted by Gasteiger charge is 2.19. The lowest BCUT2D eigenvalue weighted by molar-refractivity contribution is -0.0500. The summed E-state index contributed by atoms with van der Waals surface area (Å²) in [6.07, 6.45) is 1.92. The fraction of sp³-hybridized carbons (Fsp3) is 0.571. The molecule has 0 spiro atoms. The van der Waals surface area contributed by atoms with Crippen molar-refractivity contribution in [3.8, 4) is 5.75 Å². The summed E-state index contributed by atoms with van der Waals surface area (Å²) in [5.41, 5.74) is 0.863. The molecule has 0 radical (unpaired) electrons. The summed E-state index contributed by atoms with van der Waals surface area (Å²) in [5, 5.41) is 3.43. The van der Waals surface area contributed by atoms with E-state index in [0.29, 0.717) is 19.2 Å². The predicted molar refractivity (Wildman–Crippen MR) is 68.5 cm³/mol. The molecule has 2 unspecified atom stereocenters. The average Bonchev–Trinajstić information content (AvgIpc) is 2.63. The molecule has 0 aromatic heterocycles. The zero-order valence-electron chi connectivity index (χ0n) is 10.9. The maximum absolute atomic E-state index is 12.2. The molecule has 3 nitrogen and oxygen atoms in total. The van der Waals surface area contributed by atoms with Gasteiger partial charge in [-0.2, -0.15) is 8.78 Å². The highest BCUT2D eigenvalue weighted by atomic mass is 19.3. The Labute approximate surface area is 111 Å². The van der Waals surface area contributed by atoms with E-state index >= 15 is 0 Å². The quantitative estimate of drug-likeness (QED) is 0.912. The molecule has 1 heterocycles. The number of hydrogen-bond donors (Lipinski definition) is 1. The maximum Gasteiger partial charge on any atom is 0.387 e. The lowest BCUT2D eigenvalue weighted by Crippen LogP contribution is -2.29. The molecule has 0 amide bonds. The Morgan fingerprint density at radius 1 is 1.47 bits per heavy atom. The first-order valence-electron chi connectivity index (χ1n) is 6.58. The lowest BCUT2D eigenvalue weighted by atomic mass is 10.1. The molecule has 0 saturated carbocycles. The van der Waals surface area contributed by atoms with E-state index in [4.69, 9.17) is 4.74 Å². The van der Waals surface area contributed by atoms with Crippen molar-refractivity contribution in [2.75, 3.05) is 13.2 Å². The molecule has 5 heteroatoms. The third-order valence-electron chi connectivity index (χ3n) is 3.33. The third kappa shape index (κ3) is 4.14. The molecule has 0 aliphatic carbocycles. The Morgan fingerprint density at radius 2 is 2.32 bits per heavy atom. The molecule has 0 bridgehead atoms. The Hall–Kier alpha value is -1.20. The van der Waals surface area contributed by atoms with Gasteiger partial charge in [-0.05, 0) is 30.5 Å². The minimum atomic E-state index is -2.80. The Morgan fingerprint density at radius 3 is 3.05 bits per heavy atom. The second-order valence-corrected chi connectivity index (χ2v) is 4.61. The van der Waals surface area contributed by atoms with E-state index in [-0.39, 0.29) is 11.9 Å². The van der Waals surface area contributed by atoms with E-state index in [1.807, 2.05) is 6.07 Å². The van der Waals surface area contributed by atoms with Crippen LogP contribution in [0, 0.1) is 0 Å². The largest absolute Gasteiger partial charge is 0.435 e. The number of alkyl halides is 2. The fourth-order valence-corrected chi connectivity index (χ4v) is 2.24. The van der Waals surface area contributed by atoms with Crippen LogP contribution >= 0.6 is 0 Å². The van der Waals surface area contributed by atoms with Gasteiger partial charge >= 0.3 is 6.61 Å². The van der Waals surface area contributed by atoms with Gasteiger partial charge in [-0.25, -0.2) is 0 Å². The van der Waals surface area contributed by atoms with E-state index < -0.39 is 6.61 Å². The van der Waals surface area contributed by atoms with E-state index in [0.717, 1.165) is 18.4 Å². The van der Waals surface area contributed by atoms with Crippen LogP contribution in [0.1, 0.15) is 31.4 Å². The van der Waals surface area contributed by atoms with Crippen molar-refractivity contribution < 1.29 is 18.3 Å². The zero-order valence-corrected chi connectivity index (χ0v) is 10.9. The first kappa shape index (κ1) is 14.2. The van der Waals surface area contributed by atoms with Crippen molar-refractivity contribution in [3.05, 3.63) is 29.8 Å². The second-order valence-electron chi connectivity index (χ2n) is 4.61. The Kier molecular flexibility index (Phi) is 5.10. The van der Waals surface area contributed by atoms with Crippen molar-refractivity contribution in [2.24, 2.45) is 0 Å². The van der Waals surface area contributed by atoms with Crippen molar-refractivity contribution in [2.45, 2.75) is 38.5 Å². The molecule has 1 N–H and O–H groups in total. The van der Waals surface area contributed by atoms with E-state index in [9.17, 15) is 8.78 Å². The van der Waals surface area contributed by atoms with Crippen LogP contribution in [-0.2, 0) is 4.74 Å². The summed E-state index contributed by atoms with van der Waals surface area (Å²) in [6, 6.07) is 7.18. The van der Waals surface area contributed by atoms with E-state index in [2.05, 4.69) is 17.0 Å².